The molecule has 3 saturated heterocycles. The maximum Gasteiger partial charge on any atom is 0.331 e. The zero-order valence-electron chi connectivity index (χ0n) is 26.6. The Bertz CT molecular complexity index is 1680. The van der Waals surface area contributed by atoms with Crippen molar-refractivity contribution in [2.24, 2.45) is 17.2 Å². The van der Waals surface area contributed by atoms with Gasteiger partial charge in [-0.3, -0.25) is 24.0 Å². The van der Waals surface area contributed by atoms with Crippen LogP contribution in [0.4, 0.5) is 0 Å². The summed E-state index contributed by atoms with van der Waals surface area (Å²) in [6, 6.07) is -3.44. The van der Waals surface area contributed by atoms with Gasteiger partial charge in [0.05, 0.1) is 31.9 Å². The van der Waals surface area contributed by atoms with Crippen LogP contribution in [-0.2, 0) is 57.2 Å². The van der Waals surface area contributed by atoms with Crippen molar-refractivity contribution in [3.8, 4) is 0 Å². The first kappa shape index (κ1) is 38.2. The van der Waals surface area contributed by atoms with Gasteiger partial charge in [0.25, 0.3) is 5.79 Å². The molecule has 5 aliphatic heterocycles. The van der Waals surface area contributed by atoms with Gasteiger partial charge < -0.3 is 81.4 Å². The lowest BCUT2D eigenvalue weighted by molar-refractivity contribution is -0.408. The van der Waals surface area contributed by atoms with Crippen LogP contribution in [0.15, 0.2) is 36.5 Å². The number of aliphatic hydroxyl groups is 7. The van der Waals surface area contributed by atoms with E-state index in [1.807, 2.05) is 0 Å². The molecule has 7 aliphatic rings. The monoisotopic (exact) mass is 741 g/mol. The van der Waals surface area contributed by atoms with Crippen LogP contribution in [0.3, 0.4) is 0 Å². The smallest absolute Gasteiger partial charge is 0.331 e. The number of ketones is 5. The molecule has 13 N–H and O–H groups in total. The molecule has 2 aliphatic carbocycles. The van der Waals surface area contributed by atoms with Crippen molar-refractivity contribution in [3.05, 3.63) is 36.5 Å². The van der Waals surface area contributed by atoms with Gasteiger partial charge in [0.1, 0.15) is 30.5 Å². The van der Waals surface area contributed by atoms with Gasteiger partial charge >= 0.3 is 5.97 Å². The molecule has 15 atom stereocenters. The Labute approximate surface area is 290 Å². The standard InChI is InChI=1S/C30H35N3O19/c31-18-20(43)21-10(7-34)48-25(18)50-22-11(8-35)47-24(44)19(32)23(22)49-17(42)6-5-16(41)30(51-21)27(33)13(38)2-4-15(40)29(27,46)28(45)14(39)3-1-12(37)26(28,9-36)52-30/h1-6,10-11,18-25,34-36,43-46H,7-9,31-33H2/b6-5-/t10-,11-,18-,19-,20-,21?,22?,23-,24-,25+,26+,27+,28-,29-,30-/m1/s1. The summed E-state index contributed by atoms with van der Waals surface area (Å²) in [5.41, 5.74) is 3.26. The number of nitrogens with two attached hydrogens (primary N) is 3. The van der Waals surface area contributed by atoms with Crippen LogP contribution in [0.2, 0.25) is 0 Å². The molecule has 0 amide bonds. The van der Waals surface area contributed by atoms with Crippen LogP contribution in [0.5, 0.6) is 0 Å². The van der Waals surface area contributed by atoms with Crippen LogP contribution in [0.25, 0.3) is 0 Å². The maximum atomic E-state index is 14.6. The number of carbonyl (C=O) groups excluding carboxylic acids is 6. The minimum Gasteiger partial charge on any atom is -0.454 e. The lowest BCUT2D eigenvalue weighted by Crippen LogP contribution is -2.98. The van der Waals surface area contributed by atoms with E-state index in [2.05, 4.69) is 0 Å². The first-order valence-electron chi connectivity index (χ1n) is 15.6. The molecular weight excluding hydrogens is 706 g/mol. The quantitative estimate of drug-likeness (QED) is 0.120. The summed E-state index contributed by atoms with van der Waals surface area (Å²) >= 11 is 0. The van der Waals surface area contributed by atoms with Crippen LogP contribution in [0, 0.1) is 0 Å². The first-order chi connectivity index (χ1) is 24.4. The van der Waals surface area contributed by atoms with Crippen LogP contribution >= 0.6 is 0 Å². The van der Waals surface area contributed by atoms with Gasteiger partial charge in [0.2, 0.25) is 11.4 Å². The number of rotatable bonds is 3. The zero-order valence-corrected chi connectivity index (χ0v) is 26.6. The van der Waals surface area contributed by atoms with E-state index in [1.165, 1.54) is 0 Å². The second-order valence-electron chi connectivity index (χ2n) is 13.0. The van der Waals surface area contributed by atoms with Crippen LogP contribution in [-0.4, -0.2) is 180 Å². The molecule has 0 aromatic heterocycles. The molecule has 0 aromatic rings. The van der Waals surface area contributed by atoms with E-state index < -0.39 is 144 Å². The third-order valence-corrected chi connectivity index (χ3v) is 10.3. The Hall–Kier alpha value is -3.56. The summed E-state index contributed by atoms with van der Waals surface area (Å²) in [7, 11) is 0. The number of aliphatic hydroxyl groups excluding tert-OH is 5. The molecule has 1 spiro atoms. The van der Waals surface area contributed by atoms with Gasteiger partial charge in [0, 0.05) is 6.08 Å². The normalized spacial score (nSPS) is 50.0. The molecule has 2 bridgehead atoms. The van der Waals surface area contributed by atoms with E-state index in [0.29, 0.717) is 30.4 Å². The number of fused-ring (bicyclic) bond motifs is 8. The van der Waals surface area contributed by atoms with Gasteiger partial charge in [-0.25, -0.2) is 4.79 Å². The maximum absolute atomic E-state index is 14.6. The molecule has 0 radical (unpaired) electrons. The molecule has 0 aromatic carbocycles. The average molecular weight is 742 g/mol. The van der Waals surface area contributed by atoms with Gasteiger partial charge in [-0.1, -0.05) is 0 Å². The molecule has 22 heteroatoms. The highest BCUT2D eigenvalue weighted by Gasteiger charge is 2.90. The number of esters is 1. The predicted molar refractivity (Wildman–Crippen MR) is 158 cm³/mol. The highest BCUT2D eigenvalue weighted by Crippen LogP contribution is 2.58. The Morgan fingerprint density at radius 2 is 1.21 bits per heavy atom. The predicted octanol–water partition coefficient (Wildman–Crippen LogP) is -8.72. The highest BCUT2D eigenvalue weighted by molar-refractivity contribution is 6.26. The lowest BCUT2D eigenvalue weighted by atomic mass is 9.49. The third-order valence-electron chi connectivity index (χ3n) is 10.3. The molecule has 22 nitrogen and oxygen atoms in total. The van der Waals surface area contributed by atoms with Crippen molar-refractivity contribution in [3.63, 3.8) is 0 Å². The number of hydrogen-bond donors (Lipinski definition) is 10. The minimum absolute atomic E-state index is 0.243. The summed E-state index contributed by atoms with van der Waals surface area (Å²) in [5.74, 6) is -14.0. The largest absolute Gasteiger partial charge is 0.454 e. The van der Waals surface area contributed by atoms with E-state index in [1.54, 1.807) is 0 Å². The summed E-state index contributed by atoms with van der Waals surface area (Å²) in [6.45, 7) is -3.83. The molecule has 0 saturated carbocycles. The Morgan fingerprint density at radius 1 is 0.654 bits per heavy atom. The molecule has 52 heavy (non-hydrogen) atoms. The third kappa shape index (κ3) is 4.66. The Balaban J connectivity index is 1.63. The molecular formula is C30H35N3O19. The summed E-state index contributed by atoms with van der Waals surface area (Å²) in [4.78, 5) is 82.5. The molecule has 2 unspecified atom stereocenters. The van der Waals surface area contributed by atoms with Gasteiger partial charge in [-0.2, -0.15) is 0 Å². The fourth-order valence-corrected chi connectivity index (χ4v) is 7.52. The Morgan fingerprint density at radius 3 is 1.83 bits per heavy atom. The minimum atomic E-state index is -4.12. The fraction of sp³-hybridized carbons (Fsp3) is 0.600. The second kappa shape index (κ2) is 12.8. The molecule has 284 valence electrons. The fourth-order valence-electron chi connectivity index (χ4n) is 7.52. The molecule has 7 rings (SSSR count). The van der Waals surface area contributed by atoms with E-state index in [0.717, 1.165) is 0 Å². The molecule has 5 heterocycles. The van der Waals surface area contributed by atoms with Crippen LogP contribution in [0.1, 0.15) is 0 Å². The van der Waals surface area contributed by atoms with Crippen molar-refractivity contribution < 1.29 is 92.9 Å². The van der Waals surface area contributed by atoms with Gasteiger partial charge in [-0.15, -0.1) is 0 Å². The summed E-state index contributed by atoms with van der Waals surface area (Å²) in [6.07, 6.45) is -12.7. The SMILES string of the molecule is N[C@H]1[C@@H]2OC3[C@@H](CO)O[C@@H](O)[C@H](N)[C@H]3OC(=O)/C=C\C(=O)[C@@]3(OC([C@@H](CO)O2)[C@@H]1O)O[C@@]1(CO)C(=O)C=CC(=O)[C@]1(O)[C@@]1(O)C(=O)C=CC(=O)[C@@]31N. The van der Waals surface area contributed by atoms with Crippen molar-refractivity contribution in [1.29, 1.82) is 0 Å². The summed E-state index contributed by atoms with van der Waals surface area (Å²) in [5, 5.41) is 77.3. The van der Waals surface area contributed by atoms with E-state index in [-0.39, 0.29) is 6.08 Å². The van der Waals surface area contributed by atoms with Crippen molar-refractivity contribution in [2.75, 3.05) is 19.8 Å². The highest BCUT2D eigenvalue weighted by atomic mass is 16.8. The zero-order chi connectivity index (χ0) is 38.3. The van der Waals surface area contributed by atoms with Crippen LogP contribution < -0.4 is 17.2 Å². The lowest BCUT2D eigenvalue weighted by Gasteiger charge is -2.66. The number of carbonyl (C=O) groups is 6. The van der Waals surface area contributed by atoms with E-state index >= 15 is 0 Å². The van der Waals surface area contributed by atoms with Crippen molar-refractivity contribution >= 4 is 34.9 Å². The van der Waals surface area contributed by atoms with Crippen molar-refractivity contribution in [1.82, 2.24) is 0 Å². The summed E-state index contributed by atoms with van der Waals surface area (Å²) < 4.78 is 33.9. The van der Waals surface area contributed by atoms with Gasteiger partial charge in [0.15, 0.2) is 58.6 Å². The average Bonchev–Trinajstić information content (AvgIpc) is 3.12. The van der Waals surface area contributed by atoms with E-state index in [4.69, 9.17) is 45.6 Å². The van der Waals surface area contributed by atoms with Gasteiger partial charge in [-0.05, 0) is 30.4 Å². The number of hydrogen-bond acceptors (Lipinski definition) is 22. The molecule has 3 fully saturated rings. The van der Waals surface area contributed by atoms with Crippen molar-refractivity contribution in [2.45, 2.75) is 89.4 Å². The number of ether oxygens (including phenoxy) is 6. The van der Waals surface area contributed by atoms with E-state index in [9.17, 15) is 64.5 Å². The Kier molecular flexibility index (Phi) is 9.39. The first-order valence-corrected chi connectivity index (χ1v) is 15.6. The second-order valence-corrected chi connectivity index (χ2v) is 13.0. The topological polar surface area (TPSA) is 377 Å².